The highest BCUT2D eigenvalue weighted by Crippen LogP contribution is 2.19. The normalized spacial score (nSPS) is 22.0. The molecule has 0 aromatic heterocycles. The minimum absolute atomic E-state index is 0.233. The second-order valence-electron chi connectivity index (χ2n) is 7.83. The Balaban J connectivity index is 1.59. The summed E-state index contributed by atoms with van der Waals surface area (Å²) in [5.74, 6) is 0.974. The number of nitrogens with one attached hydrogen (secondary N) is 1. The zero-order chi connectivity index (χ0) is 17.5. The summed E-state index contributed by atoms with van der Waals surface area (Å²) in [6, 6.07) is 9.37. The molecule has 1 N–H and O–H groups in total. The summed E-state index contributed by atoms with van der Waals surface area (Å²) in [6.45, 7) is 12.5. The fourth-order valence-electron chi connectivity index (χ4n) is 3.99. The van der Waals surface area contributed by atoms with Crippen LogP contribution in [0, 0.1) is 0 Å². The van der Waals surface area contributed by atoms with Crippen LogP contribution in [0.5, 0.6) is 5.75 Å². The number of rotatable bonds is 8. The summed E-state index contributed by atoms with van der Waals surface area (Å²) >= 11 is 0. The van der Waals surface area contributed by atoms with Crippen LogP contribution in [0.1, 0.15) is 45.1 Å². The van der Waals surface area contributed by atoms with E-state index in [2.05, 4.69) is 53.2 Å². The van der Waals surface area contributed by atoms with E-state index in [-0.39, 0.29) is 6.10 Å². The molecule has 25 heavy (non-hydrogen) atoms. The molecule has 0 spiro atoms. The molecule has 4 nitrogen and oxygen atoms in total. The minimum Gasteiger partial charge on any atom is -0.491 e. The molecule has 3 rings (SSSR count). The molecule has 140 valence electrons. The van der Waals surface area contributed by atoms with Gasteiger partial charge in [0.2, 0.25) is 0 Å². The number of piperidine rings is 1. The first-order valence-corrected chi connectivity index (χ1v) is 10.1. The maximum atomic E-state index is 5.78. The van der Waals surface area contributed by atoms with E-state index in [0.29, 0.717) is 6.04 Å². The van der Waals surface area contributed by atoms with Gasteiger partial charge in [0.25, 0.3) is 0 Å². The number of hydrogen-bond acceptors (Lipinski definition) is 4. The molecule has 2 heterocycles. The lowest BCUT2D eigenvalue weighted by Gasteiger charge is -2.35. The predicted octanol–water partition coefficient (Wildman–Crippen LogP) is 3.12. The molecular formula is C21H35N3O. The first-order chi connectivity index (χ1) is 12.2. The van der Waals surface area contributed by atoms with Gasteiger partial charge in [0.05, 0.1) is 6.10 Å². The lowest BCUT2D eigenvalue weighted by molar-refractivity contribution is 0.139. The van der Waals surface area contributed by atoms with Gasteiger partial charge in [-0.15, -0.1) is 0 Å². The molecule has 0 amide bonds. The van der Waals surface area contributed by atoms with E-state index < -0.39 is 0 Å². The summed E-state index contributed by atoms with van der Waals surface area (Å²) < 4.78 is 5.78. The Morgan fingerprint density at radius 1 is 1.16 bits per heavy atom. The van der Waals surface area contributed by atoms with E-state index in [0.717, 1.165) is 18.8 Å². The zero-order valence-electron chi connectivity index (χ0n) is 16.0. The monoisotopic (exact) mass is 345 g/mol. The fraction of sp³-hybridized carbons (Fsp3) is 0.714. The van der Waals surface area contributed by atoms with E-state index in [1.807, 2.05) is 0 Å². The van der Waals surface area contributed by atoms with Gasteiger partial charge in [-0.05, 0) is 76.9 Å². The Labute approximate surface area is 153 Å². The molecule has 2 aliphatic heterocycles. The van der Waals surface area contributed by atoms with E-state index >= 15 is 0 Å². The fourth-order valence-corrected chi connectivity index (χ4v) is 3.99. The van der Waals surface area contributed by atoms with Gasteiger partial charge in [-0.2, -0.15) is 0 Å². The molecule has 1 atom stereocenters. The third-order valence-corrected chi connectivity index (χ3v) is 5.37. The smallest absolute Gasteiger partial charge is 0.119 e. The number of likely N-dealkylation sites (tertiary alicyclic amines) is 1. The molecule has 2 saturated heterocycles. The maximum absolute atomic E-state index is 5.78. The minimum atomic E-state index is 0.233. The van der Waals surface area contributed by atoms with Crippen molar-refractivity contribution in [2.75, 3.05) is 39.3 Å². The molecule has 2 fully saturated rings. The molecule has 4 heteroatoms. The van der Waals surface area contributed by atoms with Crippen LogP contribution in [0.25, 0.3) is 0 Å². The van der Waals surface area contributed by atoms with Crippen molar-refractivity contribution in [3.05, 3.63) is 29.8 Å². The van der Waals surface area contributed by atoms with Crippen molar-refractivity contribution >= 4 is 0 Å². The third kappa shape index (κ3) is 5.98. The lowest BCUT2D eigenvalue weighted by Crippen LogP contribution is -2.47. The highest BCUT2D eigenvalue weighted by atomic mass is 16.5. The van der Waals surface area contributed by atoms with Crippen LogP contribution in [0.2, 0.25) is 0 Å². The van der Waals surface area contributed by atoms with Crippen LogP contribution in [0.15, 0.2) is 24.3 Å². The van der Waals surface area contributed by atoms with E-state index in [1.54, 1.807) is 0 Å². The Bertz CT molecular complexity index is 490. The Kier molecular flexibility index (Phi) is 7.14. The standard InChI is InChI=1S/C21H35N3O/c1-18(2)25-21-9-7-19(8-10-21)17-24(20-6-5-11-22-16-20)15-14-23-12-3-4-13-23/h7-10,18,20,22H,3-6,11-17H2,1-2H3. The van der Waals surface area contributed by atoms with Crippen molar-refractivity contribution in [1.29, 1.82) is 0 Å². The van der Waals surface area contributed by atoms with Crippen molar-refractivity contribution in [3.8, 4) is 5.75 Å². The Morgan fingerprint density at radius 3 is 2.56 bits per heavy atom. The highest BCUT2D eigenvalue weighted by molar-refractivity contribution is 5.27. The van der Waals surface area contributed by atoms with Crippen molar-refractivity contribution in [2.24, 2.45) is 0 Å². The molecule has 1 aromatic carbocycles. The van der Waals surface area contributed by atoms with Crippen LogP contribution in [-0.4, -0.2) is 61.2 Å². The molecule has 0 saturated carbocycles. The second kappa shape index (κ2) is 9.56. The van der Waals surface area contributed by atoms with Crippen LogP contribution < -0.4 is 10.1 Å². The SMILES string of the molecule is CC(C)Oc1ccc(CN(CCN2CCCC2)C2CCCNC2)cc1. The average Bonchev–Trinajstić information content (AvgIpc) is 3.14. The lowest BCUT2D eigenvalue weighted by atomic mass is 10.0. The third-order valence-electron chi connectivity index (χ3n) is 5.37. The predicted molar refractivity (Wildman–Crippen MR) is 104 cm³/mol. The Hall–Kier alpha value is -1.10. The molecule has 0 aliphatic carbocycles. The van der Waals surface area contributed by atoms with E-state index in [4.69, 9.17) is 4.74 Å². The van der Waals surface area contributed by atoms with Gasteiger partial charge in [0.15, 0.2) is 0 Å². The van der Waals surface area contributed by atoms with Crippen molar-refractivity contribution in [1.82, 2.24) is 15.1 Å². The van der Waals surface area contributed by atoms with Gasteiger partial charge in [0, 0.05) is 32.2 Å². The first-order valence-electron chi connectivity index (χ1n) is 10.1. The molecule has 0 radical (unpaired) electrons. The number of hydrogen-bond donors (Lipinski definition) is 1. The van der Waals surface area contributed by atoms with Crippen LogP contribution in [0.3, 0.4) is 0 Å². The second-order valence-corrected chi connectivity index (χ2v) is 7.83. The van der Waals surface area contributed by atoms with Gasteiger partial charge in [0.1, 0.15) is 5.75 Å². The van der Waals surface area contributed by atoms with Gasteiger partial charge >= 0.3 is 0 Å². The van der Waals surface area contributed by atoms with E-state index in [9.17, 15) is 0 Å². The number of ether oxygens (including phenoxy) is 1. The maximum Gasteiger partial charge on any atom is 0.119 e. The van der Waals surface area contributed by atoms with Crippen LogP contribution in [-0.2, 0) is 6.54 Å². The summed E-state index contributed by atoms with van der Waals surface area (Å²) in [6.07, 6.45) is 5.61. The quantitative estimate of drug-likeness (QED) is 0.783. The molecular weight excluding hydrogens is 310 g/mol. The summed E-state index contributed by atoms with van der Waals surface area (Å²) in [5.41, 5.74) is 1.39. The van der Waals surface area contributed by atoms with Crippen molar-refractivity contribution < 1.29 is 4.74 Å². The number of benzene rings is 1. The van der Waals surface area contributed by atoms with Gasteiger partial charge in [-0.25, -0.2) is 0 Å². The zero-order valence-corrected chi connectivity index (χ0v) is 16.0. The Morgan fingerprint density at radius 2 is 1.92 bits per heavy atom. The van der Waals surface area contributed by atoms with Gasteiger partial charge in [-0.1, -0.05) is 12.1 Å². The summed E-state index contributed by atoms with van der Waals surface area (Å²) in [5, 5.41) is 3.58. The van der Waals surface area contributed by atoms with E-state index in [1.165, 1.54) is 64.0 Å². The summed E-state index contributed by atoms with van der Waals surface area (Å²) in [4.78, 5) is 5.33. The molecule has 1 aromatic rings. The van der Waals surface area contributed by atoms with Gasteiger partial charge in [-0.3, -0.25) is 4.90 Å². The summed E-state index contributed by atoms with van der Waals surface area (Å²) in [7, 11) is 0. The largest absolute Gasteiger partial charge is 0.491 e. The average molecular weight is 346 g/mol. The van der Waals surface area contributed by atoms with Gasteiger partial charge < -0.3 is 15.0 Å². The topological polar surface area (TPSA) is 27.7 Å². The van der Waals surface area contributed by atoms with Crippen LogP contribution in [0.4, 0.5) is 0 Å². The molecule has 1 unspecified atom stereocenters. The van der Waals surface area contributed by atoms with Crippen molar-refractivity contribution in [3.63, 3.8) is 0 Å². The van der Waals surface area contributed by atoms with Crippen molar-refractivity contribution in [2.45, 2.75) is 58.2 Å². The number of nitrogens with zero attached hydrogens (tertiary/aromatic N) is 2. The first kappa shape index (κ1) is 18.7. The van der Waals surface area contributed by atoms with Crippen LogP contribution >= 0.6 is 0 Å². The molecule has 0 bridgehead atoms. The molecule has 2 aliphatic rings. The highest BCUT2D eigenvalue weighted by Gasteiger charge is 2.22.